The Labute approximate surface area is 95.4 Å². The Morgan fingerprint density at radius 3 is 2.73 bits per heavy atom. The monoisotopic (exact) mass is 212 g/mol. The number of hydrogen-bond donors (Lipinski definition) is 1. The number of nitrogens with zero attached hydrogens (tertiary/aromatic N) is 1. The van der Waals surface area contributed by atoms with Gasteiger partial charge in [0.15, 0.2) is 0 Å². The van der Waals surface area contributed by atoms with Gasteiger partial charge in [-0.1, -0.05) is 13.8 Å². The average Bonchev–Trinajstić information content (AvgIpc) is 2.19. The van der Waals surface area contributed by atoms with Crippen LogP contribution in [0.25, 0.3) is 0 Å². The van der Waals surface area contributed by atoms with Crippen LogP contribution >= 0.6 is 0 Å². The van der Waals surface area contributed by atoms with E-state index in [0.717, 1.165) is 18.5 Å². The third-order valence-electron chi connectivity index (χ3n) is 3.53. The van der Waals surface area contributed by atoms with Crippen molar-refractivity contribution in [1.29, 1.82) is 0 Å². The van der Waals surface area contributed by atoms with Gasteiger partial charge in [0.05, 0.1) is 0 Å². The Kier molecular flexibility index (Phi) is 5.62. The lowest BCUT2D eigenvalue weighted by atomic mass is 9.93. The van der Waals surface area contributed by atoms with Crippen LogP contribution in [0.3, 0.4) is 0 Å². The first kappa shape index (κ1) is 13.0. The summed E-state index contributed by atoms with van der Waals surface area (Å²) in [4.78, 5) is 2.65. The molecule has 0 aromatic carbocycles. The van der Waals surface area contributed by atoms with Crippen LogP contribution in [0.1, 0.15) is 47.0 Å². The second-order valence-corrected chi connectivity index (χ2v) is 5.33. The highest BCUT2D eigenvalue weighted by Crippen LogP contribution is 2.21. The largest absolute Gasteiger partial charge is 0.313 e. The first-order valence-electron chi connectivity index (χ1n) is 6.61. The first-order valence-corrected chi connectivity index (χ1v) is 6.61. The highest BCUT2D eigenvalue weighted by molar-refractivity contribution is 4.79. The van der Waals surface area contributed by atoms with Crippen LogP contribution in [0.15, 0.2) is 0 Å². The number of nitrogens with one attached hydrogen (secondary N) is 1. The molecule has 1 N–H and O–H groups in total. The van der Waals surface area contributed by atoms with E-state index in [-0.39, 0.29) is 0 Å². The minimum Gasteiger partial charge on any atom is -0.313 e. The molecule has 0 aromatic rings. The summed E-state index contributed by atoms with van der Waals surface area (Å²) in [6, 6.07) is 1.42. The predicted molar refractivity (Wildman–Crippen MR) is 67.2 cm³/mol. The van der Waals surface area contributed by atoms with Gasteiger partial charge < -0.3 is 5.32 Å². The lowest BCUT2D eigenvalue weighted by Gasteiger charge is -2.38. The van der Waals surface area contributed by atoms with E-state index in [4.69, 9.17) is 0 Å². The minimum atomic E-state index is 0.640. The van der Waals surface area contributed by atoms with Crippen LogP contribution in [0.4, 0.5) is 0 Å². The molecule has 0 amide bonds. The molecule has 90 valence electrons. The van der Waals surface area contributed by atoms with Crippen LogP contribution in [-0.4, -0.2) is 36.6 Å². The standard InChI is InChI=1S/C13H28N2/c1-5-7-14-12(3)10-15-8-6-11(2)9-13(15)4/h11-14H,5-10H2,1-4H3. The third kappa shape index (κ3) is 4.52. The van der Waals surface area contributed by atoms with Crippen molar-refractivity contribution in [2.24, 2.45) is 5.92 Å². The molecule has 0 bridgehead atoms. The molecule has 0 radical (unpaired) electrons. The van der Waals surface area contributed by atoms with E-state index in [1.165, 1.54) is 32.4 Å². The van der Waals surface area contributed by atoms with Crippen molar-refractivity contribution < 1.29 is 0 Å². The fourth-order valence-electron chi connectivity index (χ4n) is 2.53. The molecule has 0 aliphatic carbocycles. The third-order valence-corrected chi connectivity index (χ3v) is 3.53. The van der Waals surface area contributed by atoms with Gasteiger partial charge in [-0.3, -0.25) is 4.90 Å². The van der Waals surface area contributed by atoms with Crippen molar-refractivity contribution in [3.05, 3.63) is 0 Å². The SMILES string of the molecule is CCCNC(C)CN1CCC(C)CC1C. The van der Waals surface area contributed by atoms with Crippen LogP contribution in [0.5, 0.6) is 0 Å². The topological polar surface area (TPSA) is 15.3 Å². The van der Waals surface area contributed by atoms with Gasteiger partial charge in [0.2, 0.25) is 0 Å². The molecule has 0 saturated carbocycles. The fraction of sp³-hybridized carbons (Fsp3) is 1.00. The molecule has 1 saturated heterocycles. The highest BCUT2D eigenvalue weighted by atomic mass is 15.2. The average molecular weight is 212 g/mol. The summed E-state index contributed by atoms with van der Waals surface area (Å²) < 4.78 is 0. The van der Waals surface area contributed by atoms with E-state index in [9.17, 15) is 0 Å². The van der Waals surface area contributed by atoms with Gasteiger partial charge in [-0.2, -0.15) is 0 Å². The van der Waals surface area contributed by atoms with Crippen LogP contribution in [-0.2, 0) is 0 Å². The zero-order chi connectivity index (χ0) is 11.3. The highest BCUT2D eigenvalue weighted by Gasteiger charge is 2.23. The number of rotatable bonds is 5. The van der Waals surface area contributed by atoms with E-state index < -0.39 is 0 Å². The van der Waals surface area contributed by atoms with Crippen LogP contribution < -0.4 is 5.32 Å². The molecule has 15 heavy (non-hydrogen) atoms. The molecule has 0 aromatic heterocycles. The summed E-state index contributed by atoms with van der Waals surface area (Å²) in [7, 11) is 0. The Bertz CT molecular complexity index is 170. The lowest BCUT2D eigenvalue weighted by Crippen LogP contribution is -2.47. The van der Waals surface area contributed by atoms with Crippen molar-refractivity contribution in [1.82, 2.24) is 10.2 Å². The van der Waals surface area contributed by atoms with Gasteiger partial charge in [-0.25, -0.2) is 0 Å². The summed E-state index contributed by atoms with van der Waals surface area (Å²) in [5, 5.41) is 3.57. The molecular weight excluding hydrogens is 184 g/mol. The minimum absolute atomic E-state index is 0.640. The summed E-state index contributed by atoms with van der Waals surface area (Å²) in [6.45, 7) is 13.0. The Balaban J connectivity index is 2.25. The number of likely N-dealkylation sites (tertiary alicyclic amines) is 1. The summed E-state index contributed by atoms with van der Waals surface area (Å²) in [5.41, 5.74) is 0. The van der Waals surface area contributed by atoms with E-state index in [2.05, 4.69) is 37.9 Å². The molecule has 1 aliphatic rings. The summed E-state index contributed by atoms with van der Waals surface area (Å²) in [6.07, 6.45) is 3.99. The zero-order valence-corrected chi connectivity index (χ0v) is 10.9. The Morgan fingerprint density at radius 2 is 2.13 bits per heavy atom. The molecule has 2 nitrogen and oxygen atoms in total. The van der Waals surface area contributed by atoms with Gasteiger partial charge in [0.1, 0.15) is 0 Å². The van der Waals surface area contributed by atoms with Crippen molar-refractivity contribution >= 4 is 0 Å². The van der Waals surface area contributed by atoms with E-state index in [1.54, 1.807) is 0 Å². The Morgan fingerprint density at radius 1 is 1.40 bits per heavy atom. The number of piperidine rings is 1. The van der Waals surface area contributed by atoms with Gasteiger partial charge in [0, 0.05) is 18.6 Å². The maximum absolute atomic E-state index is 3.57. The number of hydrogen-bond acceptors (Lipinski definition) is 2. The maximum atomic E-state index is 3.57. The molecule has 0 spiro atoms. The van der Waals surface area contributed by atoms with Crippen molar-refractivity contribution in [3.8, 4) is 0 Å². The lowest BCUT2D eigenvalue weighted by molar-refractivity contribution is 0.119. The van der Waals surface area contributed by atoms with Gasteiger partial charge in [-0.15, -0.1) is 0 Å². The van der Waals surface area contributed by atoms with Gasteiger partial charge in [-0.05, 0) is 52.1 Å². The van der Waals surface area contributed by atoms with Crippen molar-refractivity contribution in [2.75, 3.05) is 19.6 Å². The molecule has 1 fully saturated rings. The molecular formula is C13H28N2. The Hall–Kier alpha value is -0.0800. The van der Waals surface area contributed by atoms with E-state index >= 15 is 0 Å². The first-order chi connectivity index (χ1) is 7.13. The molecule has 1 heterocycles. The van der Waals surface area contributed by atoms with Crippen LogP contribution in [0.2, 0.25) is 0 Å². The maximum Gasteiger partial charge on any atom is 0.0166 e. The molecule has 2 heteroatoms. The van der Waals surface area contributed by atoms with Crippen molar-refractivity contribution in [2.45, 2.75) is 59.0 Å². The smallest absolute Gasteiger partial charge is 0.0166 e. The molecule has 1 rings (SSSR count). The van der Waals surface area contributed by atoms with E-state index in [1.807, 2.05) is 0 Å². The second kappa shape index (κ2) is 6.49. The molecule has 3 unspecified atom stereocenters. The quantitative estimate of drug-likeness (QED) is 0.753. The van der Waals surface area contributed by atoms with E-state index in [0.29, 0.717) is 6.04 Å². The molecule has 3 atom stereocenters. The van der Waals surface area contributed by atoms with Gasteiger partial charge >= 0.3 is 0 Å². The van der Waals surface area contributed by atoms with Crippen LogP contribution in [0, 0.1) is 5.92 Å². The zero-order valence-electron chi connectivity index (χ0n) is 10.9. The second-order valence-electron chi connectivity index (χ2n) is 5.33. The summed E-state index contributed by atoms with van der Waals surface area (Å²) in [5.74, 6) is 0.926. The predicted octanol–water partition coefficient (Wildman–Crippen LogP) is 2.49. The summed E-state index contributed by atoms with van der Waals surface area (Å²) >= 11 is 0. The van der Waals surface area contributed by atoms with Crippen molar-refractivity contribution in [3.63, 3.8) is 0 Å². The molecule has 1 aliphatic heterocycles. The van der Waals surface area contributed by atoms with Gasteiger partial charge in [0.25, 0.3) is 0 Å². The fourth-order valence-corrected chi connectivity index (χ4v) is 2.53. The normalized spacial score (nSPS) is 30.4.